The van der Waals surface area contributed by atoms with E-state index in [0.29, 0.717) is 21.7 Å². The first-order chi connectivity index (χ1) is 10.1. The van der Waals surface area contributed by atoms with Crippen LogP contribution in [0.15, 0.2) is 47.3 Å². The van der Waals surface area contributed by atoms with Gasteiger partial charge in [0.2, 0.25) is 0 Å². The third-order valence-electron chi connectivity index (χ3n) is 3.12. The van der Waals surface area contributed by atoms with Gasteiger partial charge in [0, 0.05) is 8.59 Å². The van der Waals surface area contributed by atoms with Crippen molar-refractivity contribution in [3.8, 4) is 5.69 Å². The molecule has 6 heteroatoms. The Morgan fingerprint density at radius 3 is 2.67 bits per heavy atom. The van der Waals surface area contributed by atoms with Crippen molar-refractivity contribution in [1.29, 1.82) is 0 Å². The Balaban J connectivity index is 2.41. The number of para-hydroxylation sites is 1. The Morgan fingerprint density at radius 2 is 1.95 bits per heavy atom. The maximum atomic E-state index is 12.8. The molecule has 0 aliphatic rings. The molecule has 106 valence electrons. The van der Waals surface area contributed by atoms with Crippen molar-refractivity contribution >= 4 is 56.7 Å². The molecule has 0 saturated carbocycles. The molecule has 0 N–H and O–H groups in total. The molecule has 0 saturated heterocycles. The summed E-state index contributed by atoms with van der Waals surface area (Å²) in [5, 5.41) is 1.19. The first-order valence-electron chi connectivity index (χ1n) is 6.14. The van der Waals surface area contributed by atoms with Crippen LogP contribution in [0.1, 0.15) is 5.82 Å². The molecule has 21 heavy (non-hydrogen) atoms. The number of nitrogens with zero attached hydrogens (tertiary/aromatic N) is 2. The van der Waals surface area contributed by atoms with E-state index >= 15 is 0 Å². The van der Waals surface area contributed by atoms with Gasteiger partial charge in [0.25, 0.3) is 5.56 Å². The second-order valence-corrected chi connectivity index (χ2v) is 6.28. The summed E-state index contributed by atoms with van der Waals surface area (Å²) >= 11 is 14.1. The van der Waals surface area contributed by atoms with Gasteiger partial charge in [-0.1, -0.05) is 23.7 Å². The van der Waals surface area contributed by atoms with Gasteiger partial charge in [-0.25, -0.2) is 4.98 Å². The number of benzene rings is 2. The van der Waals surface area contributed by atoms with Gasteiger partial charge in [-0.05, 0) is 52.9 Å². The smallest absolute Gasteiger partial charge is 0.266 e. The van der Waals surface area contributed by atoms with E-state index in [2.05, 4.69) is 27.6 Å². The monoisotopic (exact) mass is 430 g/mol. The molecule has 2 aromatic carbocycles. The van der Waals surface area contributed by atoms with Gasteiger partial charge in [-0.2, -0.15) is 0 Å². The Hall–Kier alpha value is -1.11. The average molecular weight is 431 g/mol. The van der Waals surface area contributed by atoms with Crippen LogP contribution in [0.3, 0.4) is 0 Å². The molecule has 0 spiro atoms. The predicted octanol–water partition coefficient (Wildman–Crippen LogP) is 4.38. The molecule has 1 aromatic heterocycles. The second kappa shape index (κ2) is 5.94. The predicted molar refractivity (Wildman–Crippen MR) is 94.6 cm³/mol. The maximum absolute atomic E-state index is 12.8. The lowest BCUT2D eigenvalue weighted by molar-refractivity contribution is 0.877. The molecule has 0 aliphatic carbocycles. The SMILES string of the molecule is O=c1c2ccccc2nc(CCl)n1-c1ccc(Cl)cc1I. The standard InChI is InChI=1S/C15H9Cl2IN2O/c16-8-14-19-12-4-2-1-3-10(12)15(21)20(14)13-6-5-9(17)7-11(13)18/h1-7H,8H2. The molecule has 0 atom stereocenters. The van der Waals surface area contributed by atoms with Gasteiger partial charge in [0.05, 0.1) is 22.5 Å². The summed E-state index contributed by atoms with van der Waals surface area (Å²) < 4.78 is 2.42. The normalized spacial score (nSPS) is 11.0. The number of hydrogen-bond acceptors (Lipinski definition) is 2. The fourth-order valence-corrected chi connectivity index (χ4v) is 3.47. The van der Waals surface area contributed by atoms with Crippen LogP contribution in [0.2, 0.25) is 5.02 Å². The summed E-state index contributed by atoms with van der Waals surface area (Å²) in [5.74, 6) is 0.666. The lowest BCUT2D eigenvalue weighted by Gasteiger charge is -2.13. The number of alkyl halides is 1. The highest BCUT2D eigenvalue weighted by Crippen LogP contribution is 2.22. The molecule has 1 heterocycles. The Labute approximate surface area is 144 Å². The number of hydrogen-bond donors (Lipinski definition) is 0. The van der Waals surface area contributed by atoms with E-state index in [4.69, 9.17) is 23.2 Å². The van der Waals surface area contributed by atoms with Crippen LogP contribution in [-0.4, -0.2) is 9.55 Å². The molecule has 3 nitrogen and oxygen atoms in total. The molecule has 0 bridgehead atoms. The topological polar surface area (TPSA) is 34.9 Å². The van der Waals surface area contributed by atoms with Crippen molar-refractivity contribution < 1.29 is 0 Å². The molecule has 0 radical (unpaired) electrons. The molecule has 3 aromatic rings. The molecule has 0 aliphatic heterocycles. The van der Waals surface area contributed by atoms with Gasteiger partial charge in [0.1, 0.15) is 5.82 Å². The van der Waals surface area contributed by atoms with Crippen molar-refractivity contribution in [2.24, 2.45) is 0 Å². The van der Waals surface area contributed by atoms with E-state index in [9.17, 15) is 4.79 Å². The highest BCUT2D eigenvalue weighted by atomic mass is 127. The number of rotatable bonds is 2. The quantitative estimate of drug-likeness (QED) is 0.446. The highest BCUT2D eigenvalue weighted by molar-refractivity contribution is 14.1. The molecular formula is C15H9Cl2IN2O. The minimum absolute atomic E-state index is 0.128. The van der Waals surface area contributed by atoms with Crippen LogP contribution < -0.4 is 5.56 Å². The van der Waals surface area contributed by atoms with E-state index in [-0.39, 0.29) is 11.4 Å². The van der Waals surface area contributed by atoms with Gasteiger partial charge in [-0.3, -0.25) is 9.36 Å². The fraction of sp³-hybridized carbons (Fsp3) is 0.0667. The third kappa shape index (κ3) is 2.67. The highest BCUT2D eigenvalue weighted by Gasteiger charge is 2.14. The molecule has 3 rings (SSSR count). The summed E-state index contributed by atoms with van der Waals surface area (Å²) in [5.41, 5.74) is 1.26. The van der Waals surface area contributed by atoms with Crippen molar-refractivity contribution in [2.75, 3.05) is 0 Å². The van der Waals surface area contributed by atoms with Gasteiger partial charge < -0.3 is 0 Å². The maximum Gasteiger partial charge on any atom is 0.266 e. The summed E-state index contributed by atoms with van der Waals surface area (Å²) in [7, 11) is 0. The third-order valence-corrected chi connectivity index (χ3v) is 4.45. The first-order valence-corrected chi connectivity index (χ1v) is 8.13. The van der Waals surface area contributed by atoms with Crippen LogP contribution in [-0.2, 0) is 5.88 Å². The minimum Gasteiger partial charge on any atom is -0.268 e. The zero-order chi connectivity index (χ0) is 15.0. The van der Waals surface area contributed by atoms with Crippen LogP contribution in [0.5, 0.6) is 0 Å². The van der Waals surface area contributed by atoms with Gasteiger partial charge in [0.15, 0.2) is 0 Å². The first kappa shape index (κ1) is 14.8. The summed E-state index contributed by atoms with van der Waals surface area (Å²) in [4.78, 5) is 17.3. The van der Waals surface area contributed by atoms with E-state index in [1.165, 1.54) is 0 Å². The Morgan fingerprint density at radius 1 is 1.19 bits per heavy atom. The Kier molecular flexibility index (Phi) is 4.19. The van der Waals surface area contributed by atoms with Crippen molar-refractivity contribution in [3.63, 3.8) is 0 Å². The zero-order valence-electron chi connectivity index (χ0n) is 10.7. The van der Waals surface area contributed by atoms with Crippen molar-refractivity contribution in [2.45, 2.75) is 5.88 Å². The van der Waals surface area contributed by atoms with Crippen molar-refractivity contribution in [3.05, 3.63) is 67.2 Å². The van der Waals surface area contributed by atoms with E-state index in [1.54, 1.807) is 28.8 Å². The van der Waals surface area contributed by atoms with Crippen LogP contribution in [0, 0.1) is 3.57 Å². The molecule has 0 unspecified atom stereocenters. The average Bonchev–Trinajstić information content (AvgIpc) is 2.48. The summed E-state index contributed by atoms with van der Waals surface area (Å²) in [6.45, 7) is 0. The van der Waals surface area contributed by atoms with E-state index < -0.39 is 0 Å². The summed E-state index contributed by atoms with van der Waals surface area (Å²) in [6, 6.07) is 12.6. The van der Waals surface area contributed by atoms with Crippen molar-refractivity contribution in [1.82, 2.24) is 9.55 Å². The number of halogens is 3. The Bertz CT molecular complexity index is 892. The van der Waals surface area contributed by atoms with Crippen LogP contribution in [0.4, 0.5) is 0 Å². The number of fused-ring (bicyclic) bond motifs is 1. The zero-order valence-corrected chi connectivity index (χ0v) is 14.4. The van der Waals surface area contributed by atoms with Crippen LogP contribution >= 0.6 is 45.8 Å². The van der Waals surface area contributed by atoms with Gasteiger partial charge >= 0.3 is 0 Å². The molecule has 0 amide bonds. The molecular weight excluding hydrogens is 422 g/mol. The lowest BCUT2D eigenvalue weighted by Crippen LogP contribution is -2.24. The fourth-order valence-electron chi connectivity index (χ4n) is 2.18. The number of aromatic nitrogens is 2. The lowest BCUT2D eigenvalue weighted by atomic mass is 10.2. The van der Waals surface area contributed by atoms with Crippen LogP contribution in [0.25, 0.3) is 16.6 Å². The van der Waals surface area contributed by atoms with E-state index in [1.807, 2.05) is 18.2 Å². The summed E-state index contributed by atoms with van der Waals surface area (Å²) in [6.07, 6.45) is 0. The molecule has 0 fully saturated rings. The largest absolute Gasteiger partial charge is 0.268 e. The second-order valence-electron chi connectivity index (χ2n) is 4.42. The van der Waals surface area contributed by atoms with E-state index in [0.717, 1.165) is 9.26 Å². The van der Waals surface area contributed by atoms with Gasteiger partial charge in [-0.15, -0.1) is 11.6 Å². The minimum atomic E-state index is -0.128.